The highest BCUT2D eigenvalue weighted by atomic mass is 35.5. The van der Waals surface area contributed by atoms with Gasteiger partial charge in [0.1, 0.15) is 5.75 Å². The molecule has 0 saturated carbocycles. The number of likely N-dealkylation sites (N-methyl/N-ethyl adjacent to an activating group) is 1. The molecule has 0 aromatic heterocycles. The predicted molar refractivity (Wildman–Crippen MR) is 116 cm³/mol. The minimum atomic E-state index is -0.693. The highest BCUT2D eigenvalue weighted by Gasteiger charge is 2.19. The van der Waals surface area contributed by atoms with Crippen LogP contribution in [0.2, 0.25) is 10.0 Å². The lowest BCUT2D eigenvalue weighted by molar-refractivity contribution is -0.119. The maximum atomic E-state index is 12.4. The molecule has 2 N–H and O–H groups in total. The van der Waals surface area contributed by atoms with Gasteiger partial charge in [0.25, 0.3) is 0 Å². The van der Waals surface area contributed by atoms with E-state index in [4.69, 9.17) is 32.7 Å². The van der Waals surface area contributed by atoms with Gasteiger partial charge in [0.2, 0.25) is 11.8 Å². The summed E-state index contributed by atoms with van der Waals surface area (Å²) in [6.07, 6.45) is 0. The Labute approximate surface area is 184 Å². The maximum absolute atomic E-state index is 12.4. The van der Waals surface area contributed by atoms with Gasteiger partial charge in [-0.05, 0) is 43.4 Å². The lowest BCUT2D eigenvalue weighted by Crippen LogP contribution is -2.36. The Morgan fingerprint density at radius 2 is 1.57 bits per heavy atom. The molecule has 2 rings (SSSR count). The van der Waals surface area contributed by atoms with Gasteiger partial charge >= 0.3 is 5.97 Å². The van der Waals surface area contributed by atoms with Crippen molar-refractivity contribution in [3.8, 4) is 5.75 Å². The van der Waals surface area contributed by atoms with E-state index in [1.807, 2.05) is 0 Å². The molecule has 10 heteroatoms. The summed E-state index contributed by atoms with van der Waals surface area (Å²) in [4.78, 5) is 38.0. The number of hydrogen-bond donors (Lipinski definition) is 2. The molecule has 2 amide bonds. The summed E-state index contributed by atoms with van der Waals surface area (Å²) < 4.78 is 9.76. The largest absolute Gasteiger partial charge is 0.497 e. The molecule has 160 valence electrons. The van der Waals surface area contributed by atoms with Crippen LogP contribution in [-0.4, -0.2) is 57.0 Å². The van der Waals surface area contributed by atoms with E-state index in [1.165, 1.54) is 24.1 Å². The van der Waals surface area contributed by atoms with Crippen LogP contribution < -0.4 is 15.4 Å². The van der Waals surface area contributed by atoms with Crippen molar-refractivity contribution in [2.45, 2.75) is 0 Å². The fourth-order valence-corrected chi connectivity index (χ4v) is 3.11. The van der Waals surface area contributed by atoms with Crippen molar-refractivity contribution in [3.05, 3.63) is 52.0 Å². The smallest absolute Gasteiger partial charge is 0.340 e. The first-order chi connectivity index (χ1) is 14.2. The number of methoxy groups -OCH3 is 2. The molecule has 0 unspecified atom stereocenters. The van der Waals surface area contributed by atoms with Gasteiger partial charge in [0.15, 0.2) is 0 Å². The molecule has 0 spiro atoms. The fourth-order valence-electron chi connectivity index (χ4n) is 2.57. The molecule has 30 heavy (non-hydrogen) atoms. The topological polar surface area (TPSA) is 97.0 Å². The van der Waals surface area contributed by atoms with Crippen LogP contribution in [-0.2, 0) is 14.3 Å². The van der Waals surface area contributed by atoms with Crippen LogP contribution in [0.4, 0.5) is 11.4 Å². The summed E-state index contributed by atoms with van der Waals surface area (Å²) in [5.41, 5.74) is 0.728. The first kappa shape index (κ1) is 23.5. The van der Waals surface area contributed by atoms with E-state index in [9.17, 15) is 14.4 Å². The second-order valence-corrected chi connectivity index (χ2v) is 7.14. The molecule has 0 aliphatic carbocycles. The maximum Gasteiger partial charge on any atom is 0.340 e. The number of nitrogens with zero attached hydrogens (tertiary/aromatic N) is 1. The van der Waals surface area contributed by atoms with Crippen LogP contribution in [0.1, 0.15) is 10.4 Å². The van der Waals surface area contributed by atoms with Crippen LogP contribution in [0.25, 0.3) is 0 Å². The van der Waals surface area contributed by atoms with Crippen molar-refractivity contribution in [2.24, 2.45) is 0 Å². The Bertz CT molecular complexity index is 935. The highest BCUT2D eigenvalue weighted by Crippen LogP contribution is 2.30. The molecule has 0 aliphatic rings. The van der Waals surface area contributed by atoms with Crippen molar-refractivity contribution < 1.29 is 23.9 Å². The first-order valence-corrected chi connectivity index (χ1v) is 9.48. The number of ether oxygens (including phenoxy) is 2. The molecular weight excluding hydrogens is 433 g/mol. The molecule has 8 nitrogen and oxygen atoms in total. The zero-order valence-corrected chi connectivity index (χ0v) is 18.1. The molecule has 0 fully saturated rings. The van der Waals surface area contributed by atoms with E-state index in [0.717, 1.165) is 0 Å². The number of halogens is 2. The lowest BCUT2D eigenvalue weighted by Gasteiger charge is -2.17. The number of benzene rings is 2. The van der Waals surface area contributed by atoms with Crippen LogP contribution in [0.5, 0.6) is 5.75 Å². The Hall–Kier alpha value is -2.81. The predicted octanol–water partition coefficient (Wildman–Crippen LogP) is 3.30. The SMILES string of the molecule is COC(=O)c1cc(Cl)cc(Cl)c1NC(=O)CN(C)CC(=O)Nc1ccc(OC)cc1. The van der Waals surface area contributed by atoms with E-state index in [-0.39, 0.29) is 40.3 Å². The van der Waals surface area contributed by atoms with E-state index < -0.39 is 11.9 Å². The molecular formula is C20H21Cl2N3O5. The summed E-state index contributed by atoms with van der Waals surface area (Å²) in [6, 6.07) is 9.61. The normalized spacial score (nSPS) is 10.5. The standard InChI is InChI=1S/C20H21Cl2N3O5/c1-25(10-17(26)23-13-4-6-14(29-2)7-5-13)11-18(27)24-19-15(20(28)30-3)8-12(21)9-16(19)22/h4-9H,10-11H2,1-3H3,(H,23,26)(H,24,27). The van der Waals surface area contributed by atoms with Crippen LogP contribution in [0.15, 0.2) is 36.4 Å². The summed E-state index contributed by atoms with van der Waals surface area (Å²) >= 11 is 12.0. The Morgan fingerprint density at radius 3 is 2.13 bits per heavy atom. The van der Waals surface area contributed by atoms with Gasteiger partial charge < -0.3 is 20.1 Å². The lowest BCUT2D eigenvalue weighted by atomic mass is 10.1. The molecule has 2 aromatic rings. The van der Waals surface area contributed by atoms with E-state index in [2.05, 4.69) is 10.6 Å². The zero-order chi connectivity index (χ0) is 22.3. The van der Waals surface area contributed by atoms with Gasteiger partial charge in [-0.25, -0.2) is 4.79 Å². The molecule has 0 atom stereocenters. The number of rotatable bonds is 8. The molecule has 2 aromatic carbocycles. The minimum Gasteiger partial charge on any atom is -0.497 e. The van der Waals surface area contributed by atoms with Gasteiger partial charge in [0.05, 0.1) is 43.6 Å². The van der Waals surface area contributed by atoms with Gasteiger partial charge in [-0.15, -0.1) is 0 Å². The van der Waals surface area contributed by atoms with Gasteiger partial charge in [0, 0.05) is 10.7 Å². The van der Waals surface area contributed by atoms with Crippen molar-refractivity contribution in [1.82, 2.24) is 4.90 Å². The van der Waals surface area contributed by atoms with Crippen molar-refractivity contribution in [1.29, 1.82) is 0 Å². The number of amides is 2. The van der Waals surface area contributed by atoms with Crippen molar-refractivity contribution in [2.75, 3.05) is 45.0 Å². The van der Waals surface area contributed by atoms with E-state index in [1.54, 1.807) is 38.4 Å². The Balaban J connectivity index is 1.96. The third kappa shape index (κ3) is 6.62. The van der Waals surface area contributed by atoms with Crippen LogP contribution >= 0.6 is 23.2 Å². The minimum absolute atomic E-state index is 0.0301. The third-order valence-electron chi connectivity index (χ3n) is 3.93. The number of anilines is 2. The summed E-state index contributed by atoms with van der Waals surface area (Å²) in [5, 5.41) is 5.62. The van der Waals surface area contributed by atoms with Crippen LogP contribution in [0.3, 0.4) is 0 Å². The average Bonchev–Trinajstić information content (AvgIpc) is 2.69. The molecule has 0 aliphatic heterocycles. The number of nitrogens with one attached hydrogen (secondary N) is 2. The monoisotopic (exact) mass is 453 g/mol. The molecule has 0 radical (unpaired) electrons. The fraction of sp³-hybridized carbons (Fsp3) is 0.250. The van der Waals surface area contributed by atoms with Crippen molar-refractivity contribution in [3.63, 3.8) is 0 Å². The second kappa shape index (κ2) is 10.8. The molecule has 0 heterocycles. The van der Waals surface area contributed by atoms with E-state index in [0.29, 0.717) is 11.4 Å². The van der Waals surface area contributed by atoms with Gasteiger partial charge in [-0.1, -0.05) is 23.2 Å². The van der Waals surface area contributed by atoms with E-state index >= 15 is 0 Å². The Kier molecular flexibility index (Phi) is 8.46. The molecule has 0 bridgehead atoms. The summed E-state index contributed by atoms with van der Waals surface area (Å²) in [7, 11) is 4.37. The van der Waals surface area contributed by atoms with Gasteiger partial charge in [-0.3, -0.25) is 14.5 Å². The summed E-state index contributed by atoms with van der Waals surface area (Å²) in [6.45, 7) is -0.146. The number of hydrogen-bond acceptors (Lipinski definition) is 6. The molecule has 0 saturated heterocycles. The second-order valence-electron chi connectivity index (χ2n) is 6.30. The number of esters is 1. The summed E-state index contributed by atoms with van der Waals surface area (Å²) in [5.74, 6) is -0.782. The highest BCUT2D eigenvalue weighted by molar-refractivity contribution is 6.37. The number of carbonyl (C=O) groups is 3. The number of carbonyl (C=O) groups excluding carboxylic acids is 3. The average molecular weight is 454 g/mol. The quantitative estimate of drug-likeness (QED) is 0.595. The third-order valence-corrected chi connectivity index (χ3v) is 4.44. The van der Waals surface area contributed by atoms with Gasteiger partial charge in [-0.2, -0.15) is 0 Å². The van der Waals surface area contributed by atoms with Crippen molar-refractivity contribution >= 4 is 52.4 Å². The zero-order valence-electron chi connectivity index (χ0n) is 16.6. The van der Waals surface area contributed by atoms with Crippen LogP contribution in [0, 0.1) is 0 Å². The Morgan fingerprint density at radius 1 is 0.967 bits per heavy atom. The first-order valence-electron chi connectivity index (χ1n) is 8.73.